The van der Waals surface area contributed by atoms with Gasteiger partial charge in [0.25, 0.3) is 0 Å². The summed E-state index contributed by atoms with van der Waals surface area (Å²) in [5.41, 5.74) is 11.7. The number of fused-ring (bicyclic) bond motifs is 3. The Morgan fingerprint density at radius 2 is 0.778 bits per heavy atom. The normalized spacial score (nSPS) is 11.3. The molecule has 0 amide bonds. The summed E-state index contributed by atoms with van der Waals surface area (Å²) in [6.45, 7) is 0. The molecule has 3 heteroatoms. The van der Waals surface area contributed by atoms with E-state index in [1.54, 1.807) is 0 Å². The third-order valence-electron chi connectivity index (χ3n) is 10.4. The van der Waals surface area contributed by atoms with Crippen molar-refractivity contribution in [1.82, 2.24) is 15.0 Å². The van der Waals surface area contributed by atoms with Crippen molar-refractivity contribution in [3.63, 3.8) is 0 Å². The number of hydrogen-bond donors (Lipinski definition) is 0. The standard InChI is InChI=1S/C51H33N3/c1-2-10-42-30-43(29-18-34(42)8-1)35-16-23-39(24-17-35)49-31-50(40-25-19-38(20-26-40)48-33-52-32-44-11-4-6-14-47(44)48)54-51(53-49)41-27-21-37(22-28-41)46-15-7-12-36-9-3-5-13-45(36)46/h1-33H. The highest BCUT2D eigenvalue weighted by atomic mass is 14.9. The summed E-state index contributed by atoms with van der Waals surface area (Å²) in [4.78, 5) is 14.9. The van der Waals surface area contributed by atoms with Gasteiger partial charge < -0.3 is 0 Å². The Hall–Kier alpha value is -7.23. The first-order valence-corrected chi connectivity index (χ1v) is 18.2. The summed E-state index contributed by atoms with van der Waals surface area (Å²) in [7, 11) is 0. The van der Waals surface area contributed by atoms with E-state index in [1.807, 2.05) is 12.4 Å². The molecule has 10 aromatic rings. The molecule has 0 spiro atoms. The molecule has 0 N–H and O–H groups in total. The van der Waals surface area contributed by atoms with Gasteiger partial charge in [0.1, 0.15) is 0 Å². The van der Waals surface area contributed by atoms with Crippen LogP contribution in [-0.2, 0) is 0 Å². The average molecular weight is 688 g/mol. The van der Waals surface area contributed by atoms with Crippen LogP contribution in [0.1, 0.15) is 0 Å². The van der Waals surface area contributed by atoms with E-state index >= 15 is 0 Å². The summed E-state index contributed by atoms with van der Waals surface area (Å²) in [6, 6.07) is 66.6. The Morgan fingerprint density at radius 3 is 1.48 bits per heavy atom. The Bertz CT molecular complexity index is 2810. The maximum Gasteiger partial charge on any atom is 0.160 e. The minimum absolute atomic E-state index is 0.688. The number of nitrogens with zero attached hydrogens (tertiary/aromatic N) is 3. The van der Waals surface area contributed by atoms with Crippen LogP contribution < -0.4 is 0 Å². The molecule has 0 bridgehead atoms. The Labute approximate surface area is 313 Å². The lowest BCUT2D eigenvalue weighted by Crippen LogP contribution is -1.96. The van der Waals surface area contributed by atoms with Crippen LogP contribution in [0.4, 0.5) is 0 Å². The SMILES string of the molecule is c1ccc2cc(-c3ccc(-c4cc(-c5ccc(-c6cncc7ccccc67)cc5)nc(-c5ccc(-c6cccc7ccccc67)cc5)n4)cc3)ccc2c1. The number of pyridine rings is 1. The van der Waals surface area contributed by atoms with Crippen LogP contribution in [0.3, 0.4) is 0 Å². The quantitative estimate of drug-likeness (QED) is 0.175. The molecule has 252 valence electrons. The zero-order chi connectivity index (χ0) is 35.8. The van der Waals surface area contributed by atoms with Crippen molar-refractivity contribution in [2.45, 2.75) is 0 Å². The van der Waals surface area contributed by atoms with Crippen LogP contribution in [0.15, 0.2) is 200 Å². The molecule has 0 radical (unpaired) electrons. The van der Waals surface area contributed by atoms with Gasteiger partial charge in [-0.3, -0.25) is 4.98 Å². The summed E-state index contributed by atoms with van der Waals surface area (Å²) in [5.74, 6) is 0.688. The zero-order valence-corrected chi connectivity index (χ0v) is 29.4. The molecule has 0 aliphatic heterocycles. The van der Waals surface area contributed by atoms with Crippen LogP contribution in [-0.4, -0.2) is 15.0 Å². The average Bonchev–Trinajstić information content (AvgIpc) is 3.26. The molecule has 8 aromatic carbocycles. The van der Waals surface area contributed by atoms with E-state index in [0.29, 0.717) is 5.82 Å². The fraction of sp³-hybridized carbons (Fsp3) is 0. The second-order valence-electron chi connectivity index (χ2n) is 13.7. The zero-order valence-electron chi connectivity index (χ0n) is 29.4. The van der Waals surface area contributed by atoms with E-state index in [2.05, 4.69) is 193 Å². The predicted octanol–water partition coefficient (Wildman–Crippen LogP) is 13.3. The maximum absolute atomic E-state index is 5.18. The number of benzene rings is 8. The van der Waals surface area contributed by atoms with Gasteiger partial charge in [0.2, 0.25) is 0 Å². The van der Waals surface area contributed by atoms with E-state index in [1.165, 1.54) is 43.6 Å². The minimum atomic E-state index is 0.688. The van der Waals surface area contributed by atoms with Gasteiger partial charge in [-0.25, -0.2) is 9.97 Å². The first-order valence-electron chi connectivity index (χ1n) is 18.2. The van der Waals surface area contributed by atoms with Crippen LogP contribution in [0.25, 0.3) is 99.6 Å². The summed E-state index contributed by atoms with van der Waals surface area (Å²) < 4.78 is 0. The molecule has 0 atom stereocenters. The molecule has 0 unspecified atom stereocenters. The summed E-state index contributed by atoms with van der Waals surface area (Å²) >= 11 is 0. The van der Waals surface area contributed by atoms with E-state index in [0.717, 1.165) is 50.2 Å². The molecule has 10 rings (SSSR count). The number of rotatable bonds is 6. The fourth-order valence-corrected chi connectivity index (χ4v) is 7.52. The predicted molar refractivity (Wildman–Crippen MR) is 225 cm³/mol. The van der Waals surface area contributed by atoms with Gasteiger partial charge in [-0.1, -0.05) is 176 Å². The highest BCUT2D eigenvalue weighted by Crippen LogP contribution is 2.34. The van der Waals surface area contributed by atoms with E-state index in [9.17, 15) is 0 Å². The third kappa shape index (κ3) is 5.88. The molecular formula is C51H33N3. The van der Waals surface area contributed by atoms with Gasteiger partial charge in [-0.05, 0) is 66.9 Å². The highest BCUT2D eigenvalue weighted by Gasteiger charge is 2.13. The second kappa shape index (κ2) is 13.4. The smallest absolute Gasteiger partial charge is 0.160 e. The van der Waals surface area contributed by atoms with Crippen molar-refractivity contribution in [3.8, 4) is 67.3 Å². The van der Waals surface area contributed by atoms with Gasteiger partial charge >= 0.3 is 0 Å². The Balaban J connectivity index is 1.04. The molecule has 0 saturated carbocycles. The molecule has 2 aromatic heterocycles. The van der Waals surface area contributed by atoms with Gasteiger partial charge in [0.15, 0.2) is 5.82 Å². The van der Waals surface area contributed by atoms with Crippen LogP contribution >= 0.6 is 0 Å². The molecule has 0 fully saturated rings. The Morgan fingerprint density at radius 1 is 0.278 bits per heavy atom. The first kappa shape index (κ1) is 31.5. The van der Waals surface area contributed by atoms with Crippen molar-refractivity contribution >= 4 is 32.3 Å². The fourth-order valence-electron chi connectivity index (χ4n) is 7.52. The molecule has 0 aliphatic carbocycles. The first-order chi connectivity index (χ1) is 26.7. The lowest BCUT2D eigenvalue weighted by molar-refractivity contribution is 1.18. The van der Waals surface area contributed by atoms with Gasteiger partial charge in [0.05, 0.1) is 11.4 Å². The lowest BCUT2D eigenvalue weighted by atomic mass is 9.97. The molecule has 2 heterocycles. The van der Waals surface area contributed by atoms with Gasteiger partial charge in [-0.2, -0.15) is 0 Å². The van der Waals surface area contributed by atoms with Crippen molar-refractivity contribution in [3.05, 3.63) is 200 Å². The highest BCUT2D eigenvalue weighted by molar-refractivity contribution is 5.97. The van der Waals surface area contributed by atoms with Crippen molar-refractivity contribution < 1.29 is 0 Å². The summed E-state index contributed by atoms with van der Waals surface area (Å²) in [6.07, 6.45) is 3.86. The van der Waals surface area contributed by atoms with Gasteiger partial charge in [0, 0.05) is 40.0 Å². The topological polar surface area (TPSA) is 38.7 Å². The van der Waals surface area contributed by atoms with Crippen molar-refractivity contribution in [2.75, 3.05) is 0 Å². The molecule has 0 saturated heterocycles. The van der Waals surface area contributed by atoms with Gasteiger partial charge in [-0.15, -0.1) is 0 Å². The van der Waals surface area contributed by atoms with Crippen LogP contribution in [0.2, 0.25) is 0 Å². The second-order valence-corrected chi connectivity index (χ2v) is 13.7. The summed E-state index contributed by atoms with van der Waals surface area (Å²) in [5, 5.41) is 7.26. The monoisotopic (exact) mass is 687 g/mol. The number of aromatic nitrogens is 3. The molecular weight excluding hydrogens is 655 g/mol. The molecule has 3 nitrogen and oxygen atoms in total. The van der Waals surface area contributed by atoms with Crippen LogP contribution in [0.5, 0.6) is 0 Å². The lowest BCUT2D eigenvalue weighted by Gasteiger charge is -2.12. The minimum Gasteiger partial charge on any atom is -0.263 e. The largest absolute Gasteiger partial charge is 0.263 e. The van der Waals surface area contributed by atoms with Crippen LogP contribution in [0, 0.1) is 0 Å². The van der Waals surface area contributed by atoms with E-state index in [-0.39, 0.29) is 0 Å². The molecule has 54 heavy (non-hydrogen) atoms. The van der Waals surface area contributed by atoms with Crippen molar-refractivity contribution in [2.24, 2.45) is 0 Å². The van der Waals surface area contributed by atoms with Crippen molar-refractivity contribution in [1.29, 1.82) is 0 Å². The van der Waals surface area contributed by atoms with E-state index < -0.39 is 0 Å². The van der Waals surface area contributed by atoms with E-state index in [4.69, 9.17) is 9.97 Å². The number of hydrogen-bond acceptors (Lipinski definition) is 3. The Kier molecular flexibility index (Phi) is 7.81. The third-order valence-corrected chi connectivity index (χ3v) is 10.4. The molecule has 0 aliphatic rings. The maximum atomic E-state index is 5.18.